The standard InChI is InChI=1S/C29H31NO5/c1-17-13-18(2)20(4)27(19(17)3)24(31)15-29(33)22-9-7-8-10-23(22)30(28(29)32)16-21-11-12-25(34-5)26(14-21)35-6/h7-14,33H,15-16H2,1-6H3/t29-/m1/s1. The number of nitrogens with zero attached hydrogens (tertiary/aromatic N) is 1. The summed E-state index contributed by atoms with van der Waals surface area (Å²) in [5, 5.41) is 11.7. The van der Waals surface area contributed by atoms with Crippen molar-refractivity contribution >= 4 is 17.4 Å². The molecule has 1 amide bonds. The fraction of sp³-hybridized carbons (Fsp3) is 0.310. The Balaban J connectivity index is 1.71. The van der Waals surface area contributed by atoms with E-state index in [2.05, 4.69) is 6.07 Å². The largest absolute Gasteiger partial charge is 0.493 e. The Morgan fingerprint density at radius 2 is 1.54 bits per heavy atom. The number of rotatable bonds is 7. The highest BCUT2D eigenvalue weighted by atomic mass is 16.5. The van der Waals surface area contributed by atoms with Crippen LogP contribution in [-0.2, 0) is 16.9 Å². The summed E-state index contributed by atoms with van der Waals surface area (Å²) in [7, 11) is 3.12. The Morgan fingerprint density at radius 3 is 2.17 bits per heavy atom. The van der Waals surface area contributed by atoms with E-state index in [-0.39, 0.29) is 18.7 Å². The van der Waals surface area contributed by atoms with E-state index in [0.29, 0.717) is 28.3 Å². The second kappa shape index (κ2) is 9.19. The van der Waals surface area contributed by atoms with Crippen molar-refractivity contribution in [2.24, 2.45) is 0 Å². The van der Waals surface area contributed by atoms with Crippen LogP contribution in [0.5, 0.6) is 11.5 Å². The summed E-state index contributed by atoms with van der Waals surface area (Å²) in [4.78, 5) is 28.8. The van der Waals surface area contributed by atoms with E-state index in [9.17, 15) is 14.7 Å². The van der Waals surface area contributed by atoms with Crippen LogP contribution >= 0.6 is 0 Å². The molecule has 4 rings (SSSR count). The number of methoxy groups -OCH3 is 2. The summed E-state index contributed by atoms with van der Waals surface area (Å²) in [6.07, 6.45) is -0.324. The minimum Gasteiger partial charge on any atom is -0.493 e. The lowest BCUT2D eigenvalue weighted by Gasteiger charge is -2.24. The van der Waals surface area contributed by atoms with Crippen molar-refractivity contribution in [2.45, 2.75) is 46.3 Å². The van der Waals surface area contributed by atoms with Gasteiger partial charge in [-0.1, -0.05) is 30.3 Å². The molecule has 35 heavy (non-hydrogen) atoms. The predicted octanol–water partition coefficient (Wildman–Crippen LogP) is 4.94. The van der Waals surface area contributed by atoms with Crippen LogP contribution in [0, 0.1) is 27.7 Å². The maximum Gasteiger partial charge on any atom is 0.264 e. The van der Waals surface area contributed by atoms with Gasteiger partial charge in [-0.25, -0.2) is 0 Å². The average Bonchev–Trinajstić information content (AvgIpc) is 3.04. The second-order valence-corrected chi connectivity index (χ2v) is 9.19. The van der Waals surface area contributed by atoms with Gasteiger partial charge in [0.1, 0.15) is 0 Å². The molecule has 1 atom stereocenters. The highest BCUT2D eigenvalue weighted by Gasteiger charge is 2.51. The van der Waals surface area contributed by atoms with Crippen molar-refractivity contribution in [3.8, 4) is 11.5 Å². The molecule has 1 N–H and O–H groups in total. The molecule has 0 unspecified atom stereocenters. The Morgan fingerprint density at radius 1 is 0.914 bits per heavy atom. The predicted molar refractivity (Wildman–Crippen MR) is 135 cm³/mol. The van der Waals surface area contributed by atoms with E-state index >= 15 is 0 Å². The molecule has 6 nitrogen and oxygen atoms in total. The molecule has 3 aromatic rings. The smallest absolute Gasteiger partial charge is 0.264 e. The highest BCUT2D eigenvalue weighted by Crippen LogP contribution is 2.44. The van der Waals surface area contributed by atoms with Crippen LogP contribution in [0.1, 0.15) is 50.2 Å². The fourth-order valence-electron chi connectivity index (χ4n) is 4.95. The van der Waals surface area contributed by atoms with Crippen LogP contribution in [0.3, 0.4) is 0 Å². The maximum absolute atomic E-state index is 13.7. The second-order valence-electron chi connectivity index (χ2n) is 9.19. The van der Waals surface area contributed by atoms with Gasteiger partial charge in [0.05, 0.1) is 32.9 Å². The zero-order valence-electron chi connectivity index (χ0n) is 21.1. The summed E-state index contributed by atoms with van der Waals surface area (Å²) < 4.78 is 10.7. The number of aryl methyl sites for hydroxylation is 2. The molecule has 1 aliphatic rings. The Bertz CT molecular complexity index is 1300. The van der Waals surface area contributed by atoms with E-state index in [1.54, 1.807) is 44.6 Å². The third-order valence-corrected chi connectivity index (χ3v) is 7.09. The first kappa shape index (κ1) is 24.5. The van der Waals surface area contributed by atoms with Gasteiger partial charge in [-0.15, -0.1) is 0 Å². The lowest BCUT2D eigenvalue weighted by Crippen LogP contribution is -2.41. The molecule has 0 radical (unpaired) electrons. The van der Waals surface area contributed by atoms with E-state index < -0.39 is 11.5 Å². The normalized spacial score (nSPS) is 16.9. The number of aliphatic hydroxyl groups is 1. The van der Waals surface area contributed by atoms with Gasteiger partial charge < -0.3 is 19.5 Å². The molecule has 3 aromatic carbocycles. The first-order valence-corrected chi connectivity index (χ1v) is 11.6. The number of Topliss-reactive ketones (excluding diaryl/α,β-unsaturated/α-hetero) is 1. The van der Waals surface area contributed by atoms with Crippen molar-refractivity contribution in [3.05, 3.63) is 87.5 Å². The van der Waals surface area contributed by atoms with Gasteiger partial charge in [-0.2, -0.15) is 0 Å². The molecule has 0 saturated heterocycles. The van der Waals surface area contributed by atoms with Crippen molar-refractivity contribution in [1.29, 1.82) is 0 Å². The molecular weight excluding hydrogens is 442 g/mol. The topological polar surface area (TPSA) is 76.1 Å². The fourth-order valence-corrected chi connectivity index (χ4v) is 4.95. The van der Waals surface area contributed by atoms with E-state index in [4.69, 9.17) is 9.47 Å². The minimum atomic E-state index is -1.94. The number of carbonyl (C=O) groups excluding carboxylic acids is 2. The number of anilines is 1. The summed E-state index contributed by atoms with van der Waals surface area (Å²) in [6, 6.07) is 14.6. The molecule has 0 aromatic heterocycles. The SMILES string of the molecule is COc1ccc(CN2C(=O)[C@@](O)(CC(=O)c3c(C)c(C)cc(C)c3C)c3ccccc32)cc1OC. The van der Waals surface area contributed by atoms with Crippen LogP contribution < -0.4 is 14.4 Å². The molecular formula is C29H31NO5. The van der Waals surface area contributed by atoms with Gasteiger partial charge in [0.2, 0.25) is 0 Å². The molecule has 1 heterocycles. The molecule has 0 bridgehead atoms. The Hall–Kier alpha value is -3.64. The van der Waals surface area contributed by atoms with Gasteiger partial charge in [-0.05, 0) is 73.7 Å². The summed E-state index contributed by atoms with van der Waals surface area (Å²) in [5.74, 6) is 0.383. The zero-order valence-corrected chi connectivity index (χ0v) is 21.1. The third-order valence-electron chi connectivity index (χ3n) is 7.09. The number of hydrogen-bond donors (Lipinski definition) is 1. The van der Waals surface area contributed by atoms with Crippen molar-refractivity contribution in [1.82, 2.24) is 0 Å². The number of ketones is 1. The number of fused-ring (bicyclic) bond motifs is 1. The molecule has 1 aliphatic heterocycles. The average molecular weight is 474 g/mol. The van der Waals surface area contributed by atoms with Gasteiger partial charge in [-0.3, -0.25) is 9.59 Å². The van der Waals surface area contributed by atoms with Gasteiger partial charge in [0, 0.05) is 11.1 Å². The van der Waals surface area contributed by atoms with Crippen molar-refractivity contribution in [3.63, 3.8) is 0 Å². The molecule has 6 heteroatoms. The van der Waals surface area contributed by atoms with Crippen LogP contribution in [0.4, 0.5) is 5.69 Å². The number of hydrogen-bond acceptors (Lipinski definition) is 5. The molecule has 0 fully saturated rings. The maximum atomic E-state index is 13.7. The number of para-hydroxylation sites is 1. The van der Waals surface area contributed by atoms with Crippen LogP contribution in [0.15, 0.2) is 48.5 Å². The van der Waals surface area contributed by atoms with Crippen molar-refractivity contribution in [2.75, 3.05) is 19.1 Å². The van der Waals surface area contributed by atoms with Gasteiger partial charge in [0.25, 0.3) is 5.91 Å². The molecule has 0 aliphatic carbocycles. The minimum absolute atomic E-state index is 0.217. The monoisotopic (exact) mass is 473 g/mol. The van der Waals surface area contributed by atoms with E-state index in [1.807, 2.05) is 39.8 Å². The van der Waals surface area contributed by atoms with Gasteiger partial charge in [0.15, 0.2) is 22.9 Å². The lowest BCUT2D eigenvalue weighted by molar-refractivity contribution is -0.136. The molecule has 0 saturated carbocycles. The number of benzene rings is 3. The molecule has 182 valence electrons. The summed E-state index contributed by atoms with van der Waals surface area (Å²) in [6.45, 7) is 7.97. The van der Waals surface area contributed by atoms with Gasteiger partial charge >= 0.3 is 0 Å². The van der Waals surface area contributed by atoms with Crippen LogP contribution in [0.25, 0.3) is 0 Å². The Kier molecular flexibility index (Phi) is 6.43. The third kappa shape index (κ3) is 4.08. The zero-order chi connectivity index (χ0) is 25.5. The van der Waals surface area contributed by atoms with Crippen LogP contribution in [0.2, 0.25) is 0 Å². The molecule has 0 spiro atoms. The van der Waals surface area contributed by atoms with Crippen molar-refractivity contribution < 1.29 is 24.2 Å². The number of ether oxygens (including phenoxy) is 2. The van der Waals surface area contributed by atoms with E-state index in [0.717, 1.165) is 27.8 Å². The van der Waals surface area contributed by atoms with E-state index in [1.165, 1.54) is 4.90 Å². The lowest BCUT2D eigenvalue weighted by atomic mass is 9.84. The first-order valence-electron chi connectivity index (χ1n) is 11.6. The number of carbonyl (C=O) groups is 2. The summed E-state index contributed by atoms with van der Waals surface area (Å²) in [5.41, 5.74) is 4.26. The highest BCUT2D eigenvalue weighted by molar-refractivity contribution is 6.11. The summed E-state index contributed by atoms with van der Waals surface area (Å²) >= 11 is 0. The van der Waals surface area contributed by atoms with Crippen LogP contribution in [-0.4, -0.2) is 31.0 Å². The first-order chi connectivity index (χ1) is 16.6. The quantitative estimate of drug-likeness (QED) is 0.492. The Labute approximate surface area is 206 Å². The number of amides is 1.